The molecule has 0 saturated heterocycles. The van der Waals surface area contributed by atoms with Crippen LogP contribution >= 0.6 is 15.6 Å². The van der Waals surface area contributed by atoms with E-state index in [0.29, 0.717) is 0 Å². The Balaban J connectivity index is -0.000000320. The van der Waals surface area contributed by atoms with Gasteiger partial charge in [0.15, 0.2) is 0 Å². The van der Waals surface area contributed by atoms with Crippen LogP contribution in [0.15, 0.2) is 0 Å². The van der Waals surface area contributed by atoms with Crippen molar-refractivity contribution in [2.75, 3.05) is 0 Å². The molecule has 0 amide bonds. The molecule has 0 fully saturated rings. The van der Waals surface area contributed by atoms with E-state index in [1.807, 2.05) is 0 Å². The number of hydrogen-bond acceptors (Lipinski definition) is 3. The van der Waals surface area contributed by atoms with E-state index in [-0.39, 0.29) is 46.6 Å². The Labute approximate surface area is 94.8 Å². The molecule has 0 bridgehead atoms. The second-order valence-electron chi connectivity index (χ2n) is 1.06. The summed E-state index contributed by atoms with van der Waals surface area (Å²) in [5, 5.41) is 0. The molecule has 0 aromatic rings. The molecule has 1 radical (unpaired) electrons. The molecule has 0 unspecified atom stereocenters. The van der Waals surface area contributed by atoms with Crippen LogP contribution in [-0.4, -0.2) is 49.1 Å². The van der Waals surface area contributed by atoms with Crippen LogP contribution in [0, 0.1) is 0 Å². The average Bonchev–Trinajstić information content (AvgIpc) is 1.14. The van der Waals surface area contributed by atoms with Crippen LogP contribution in [-0.2, 0) is 30.5 Å². The van der Waals surface area contributed by atoms with Gasteiger partial charge in [-0.25, -0.2) is 9.13 Å². The van der Waals surface area contributed by atoms with Crippen LogP contribution in [0.5, 0.6) is 0 Å². The normalized spacial score (nSPS) is 11.3. The predicted molar refractivity (Wildman–Crippen MR) is 35.1 cm³/mol. The van der Waals surface area contributed by atoms with Crippen LogP contribution in [0.25, 0.3) is 0 Å². The fourth-order valence-electron chi connectivity index (χ4n) is 0.139. The molecule has 0 rings (SSSR count). The molecule has 0 heterocycles. The van der Waals surface area contributed by atoms with Gasteiger partial charge in [-0.1, -0.05) is 0 Å². The van der Waals surface area contributed by atoms with Crippen molar-refractivity contribution in [1.82, 2.24) is 0 Å². The molecule has 7 nitrogen and oxygen atoms in total. The van der Waals surface area contributed by atoms with E-state index >= 15 is 0 Å². The topological polar surface area (TPSA) is 124 Å². The molecule has 0 aliphatic rings. The molecule has 0 aliphatic heterocycles. The van der Waals surface area contributed by atoms with Crippen LogP contribution < -0.4 is 0 Å². The van der Waals surface area contributed by atoms with Gasteiger partial charge in [-0.05, 0) is 0 Å². The predicted octanol–water partition coefficient (Wildman–Crippen LogP) is -2.00. The molecule has 68 valence electrons. The molecular formula is H7FeNaO7P2. The first-order chi connectivity index (χ1) is 3.71. The summed E-state index contributed by atoms with van der Waals surface area (Å²) in [7, 11) is -10.1. The van der Waals surface area contributed by atoms with E-state index in [2.05, 4.69) is 4.31 Å². The summed E-state index contributed by atoms with van der Waals surface area (Å²) in [5.74, 6) is 0. The van der Waals surface area contributed by atoms with Gasteiger partial charge < -0.3 is 19.6 Å². The molecule has 0 atom stereocenters. The molecule has 0 aromatic carbocycles. The maximum absolute atomic E-state index is 9.63. The SMILES string of the molecule is O=P(O)(O)OP(=O)(O)O.[FeH3].[Na]. The molecule has 11 heavy (non-hydrogen) atoms. The zero-order valence-electron chi connectivity index (χ0n) is 5.36. The fourth-order valence-corrected chi connectivity index (χ4v) is 1.25. The minimum atomic E-state index is -5.05. The Morgan fingerprint density at radius 2 is 1.09 bits per heavy atom. The monoisotopic (exact) mass is 260 g/mol. The van der Waals surface area contributed by atoms with Gasteiger partial charge in [0, 0.05) is 29.6 Å². The summed E-state index contributed by atoms with van der Waals surface area (Å²) in [6.07, 6.45) is 0. The average molecular weight is 260 g/mol. The van der Waals surface area contributed by atoms with Crippen LogP contribution in [0.4, 0.5) is 0 Å². The number of phosphoric acid groups is 2. The molecule has 0 aromatic heterocycles. The van der Waals surface area contributed by atoms with Gasteiger partial charge in [0.1, 0.15) is 0 Å². The van der Waals surface area contributed by atoms with Crippen molar-refractivity contribution in [2.24, 2.45) is 0 Å². The molecule has 0 saturated carbocycles. The summed E-state index contributed by atoms with van der Waals surface area (Å²) in [4.78, 5) is 31.0. The van der Waals surface area contributed by atoms with Gasteiger partial charge in [-0.15, -0.1) is 0 Å². The minimum Gasteiger partial charge on any atom is 0 e. The van der Waals surface area contributed by atoms with E-state index in [9.17, 15) is 9.13 Å². The standard InChI is InChI=1S/Fe.Na.H4O7P2.3H/c;;1-8(2,3)7-9(4,5)6;;;/h;;(H2,1,2,3)(H2,4,5,6);;;. The third kappa shape index (κ3) is 18.6. The molecular weight excluding hydrogens is 253 g/mol. The summed E-state index contributed by atoms with van der Waals surface area (Å²) in [6.45, 7) is 0. The van der Waals surface area contributed by atoms with E-state index in [0.717, 1.165) is 0 Å². The van der Waals surface area contributed by atoms with Gasteiger partial charge in [0.25, 0.3) is 0 Å². The Kier molecular flexibility index (Phi) is 10.6. The van der Waals surface area contributed by atoms with Crippen molar-refractivity contribution in [1.29, 1.82) is 0 Å². The molecule has 4 N–H and O–H groups in total. The third-order valence-corrected chi connectivity index (χ3v) is 1.91. The first kappa shape index (κ1) is 18.5. The Morgan fingerprint density at radius 1 is 0.909 bits per heavy atom. The summed E-state index contributed by atoms with van der Waals surface area (Å²) < 4.78 is 22.2. The second-order valence-corrected chi connectivity index (χ2v) is 3.68. The minimum absolute atomic E-state index is 0. The largest absolute Gasteiger partial charge is 0 e. The first-order valence-corrected chi connectivity index (χ1v) is 4.59. The fraction of sp³-hybridized carbons (Fsp3) is 0. The summed E-state index contributed by atoms with van der Waals surface area (Å²) in [6, 6.07) is 0. The van der Waals surface area contributed by atoms with Crippen LogP contribution in [0.2, 0.25) is 0 Å². The van der Waals surface area contributed by atoms with Gasteiger partial charge in [0.05, 0.1) is 0 Å². The Morgan fingerprint density at radius 3 is 1.09 bits per heavy atom. The van der Waals surface area contributed by atoms with Crippen molar-refractivity contribution < 1.29 is 50.1 Å². The number of rotatable bonds is 2. The van der Waals surface area contributed by atoms with E-state index in [1.54, 1.807) is 0 Å². The van der Waals surface area contributed by atoms with Crippen molar-refractivity contribution in [3.05, 3.63) is 0 Å². The van der Waals surface area contributed by atoms with Crippen molar-refractivity contribution in [3.63, 3.8) is 0 Å². The smallest absolute Gasteiger partial charge is 0 e. The van der Waals surface area contributed by atoms with Crippen molar-refractivity contribution >= 4 is 45.2 Å². The number of hydrogen-bond donors (Lipinski definition) is 4. The molecule has 0 spiro atoms. The van der Waals surface area contributed by atoms with Crippen molar-refractivity contribution in [2.45, 2.75) is 0 Å². The van der Waals surface area contributed by atoms with Gasteiger partial charge >= 0.3 is 32.7 Å². The van der Waals surface area contributed by atoms with Gasteiger partial charge in [-0.3, -0.25) is 0 Å². The van der Waals surface area contributed by atoms with Gasteiger partial charge in [0.2, 0.25) is 0 Å². The van der Waals surface area contributed by atoms with E-state index in [4.69, 9.17) is 19.6 Å². The quantitative estimate of drug-likeness (QED) is 0.334. The Bertz CT molecular complexity index is 157. The zero-order valence-corrected chi connectivity index (χ0v) is 10.5. The van der Waals surface area contributed by atoms with Crippen LogP contribution in [0.3, 0.4) is 0 Å². The summed E-state index contributed by atoms with van der Waals surface area (Å²) in [5.41, 5.74) is 0. The first-order valence-electron chi connectivity index (χ1n) is 1.53. The maximum Gasteiger partial charge on any atom is 0 e. The maximum atomic E-state index is 9.63. The second kappa shape index (κ2) is 6.27. The van der Waals surface area contributed by atoms with Gasteiger partial charge in [-0.2, -0.15) is 4.31 Å². The Hall–Kier alpha value is 1.78. The van der Waals surface area contributed by atoms with E-state index < -0.39 is 15.6 Å². The zero-order chi connectivity index (χ0) is 7.71. The molecule has 11 heteroatoms. The third-order valence-electron chi connectivity index (χ3n) is 0.213. The molecule has 0 aliphatic carbocycles. The van der Waals surface area contributed by atoms with E-state index in [1.165, 1.54) is 0 Å². The van der Waals surface area contributed by atoms with Crippen LogP contribution in [0.1, 0.15) is 0 Å². The van der Waals surface area contributed by atoms with Crippen molar-refractivity contribution in [3.8, 4) is 0 Å². The summed E-state index contributed by atoms with van der Waals surface area (Å²) >= 11 is 0.